The molecule has 3 aromatic rings. The first-order valence-electron chi connectivity index (χ1n) is 8.91. The number of rotatable bonds is 5. The van der Waals surface area contributed by atoms with Gasteiger partial charge in [-0.15, -0.1) is 0 Å². The van der Waals surface area contributed by atoms with Gasteiger partial charge in [0, 0.05) is 10.6 Å². The van der Waals surface area contributed by atoms with E-state index in [1.807, 2.05) is 30.3 Å². The fraction of sp³-hybridized carbons (Fsp3) is 0.150. The van der Waals surface area contributed by atoms with Crippen LogP contribution < -0.4 is 5.32 Å². The maximum absolute atomic E-state index is 13.5. The molecule has 146 valence electrons. The number of nitrogens with one attached hydrogen (secondary N) is 1. The van der Waals surface area contributed by atoms with E-state index in [4.69, 9.17) is 16.3 Å². The first-order valence-corrected chi connectivity index (χ1v) is 9.29. The van der Waals surface area contributed by atoms with Crippen LogP contribution in [0.25, 0.3) is 0 Å². The van der Waals surface area contributed by atoms with E-state index in [1.54, 1.807) is 31.2 Å². The second-order valence-corrected chi connectivity index (χ2v) is 6.67. The zero-order valence-electron chi connectivity index (χ0n) is 15.4. The minimum absolute atomic E-state index is 0.0166. The van der Waals surface area contributed by atoms with Crippen molar-refractivity contribution in [1.82, 2.24) is 20.2 Å². The highest BCUT2D eigenvalue weighted by Gasteiger charge is 2.38. The fourth-order valence-corrected chi connectivity index (χ4v) is 3.32. The normalized spacial score (nSPS) is 15.4. The van der Waals surface area contributed by atoms with Gasteiger partial charge in [-0.3, -0.25) is 4.79 Å². The maximum Gasteiger partial charge on any atom is 0.355 e. The lowest BCUT2D eigenvalue weighted by Crippen LogP contribution is -2.33. The van der Waals surface area contributed by atoms with Crippen molar-refractivity contribution in [2.24, 2.45) is 0 Å². The van der Waals surface area contributed by atoms with Crippen LogP contribution in [0.15, 0.2) is 65.9 Å². The lowest BCUT2D eigenvalue weighted by atomic mass is 9.89. The molecular weight excluding hydrogens is 394 g/mol. The molecule has 1 atom stereocenters. The molecule has 1 aliphatic heterocycles. The Morgan fingerprint density at radius 3 is 2.55 bits per heavy atom. The molecule has 0 aliphatic carbocycles. The number of hydrogen-bond acceptors (Lipinski definition) is 7. The molecule has 9 heteroatoms. The molecule has 2 heterocycles. The van der Waals surface area contributed by atoms with Crippen LogP contribution in [0.5, 0.6) is 0 Å². The first kappa shape index (κ1) is 18.8. The van der Waals surface area contributed by atoms with Gasteiger partial charge in [0.05, 0.1) is 12.2 Å². The Balaban J connectivity index is 1.93. The lowest BCUT2D eigenvalue weighted by Gasteiger charge is -2.28. The molecule has 2 aromatic carbocycles. The number of fused-ring (bicyclic) bond motifs is 1. The quantitative estimate of drug-likeness (QED) is 0.510. The molecular formula is C20H16ClN5O3. The molecule has 1 aliphatic rings. The number of ketones is 1. The van der Waals surface area contributed by atoms with Crippen LogP contribution in [0.2, 0.25) is 5.02 Å². The summed E-state index contributed by atoms with van der Waals surface area (Å²) in [6, 6.07) is 15.0. The number of aromatic nitrogens is 4. The van der Waals surface area contributed by atoms with Crippen LogP contribution in [0, 0.1) is 0 Å². The van der Waals surface area contributed by atoms with Crippen molar-refractivity contribution in [3.8, 4) is 0 Å². The van der Waals surface area contributed by atoms with Gasteiger partial charge in [-0.05, 0) is 47.2 Å². The Hall–Kier alpha value is -3.52. The summed E-state index contributed by atoms with van der Waals surface area (Å²) in [5.41, 5.74) is 1.34. The summed E-state index contributed by atoms with van der Waals surface area (Å²) >= 11 is 5.96. The number of carbonyl (C=O) groups is 2. The summed E-state index contributed by atoms with van der Waals surface area (Å²) in [7, 11) is 0. The molecule has 0 saturated carbocycles. The van der Waals surface area contributed by atoms with Crippen molar-refractivity contribution >= 4 is 29.3 Å². The third kappa shape index (κ3) is 3.50. The Morgan fingerprint density at radius 2 is 1.86 bits per heavy atom. The predicted octanol–water partition coefficient (Wildman–Crippen LogP) is 3.04. The summed E-state index contributed by atoms with van der Waals surface area (Å²) in [5.74, 6) is -0.762. The Kier molecular flexibility index (Phi) is 5.09. The van der Waals surface area contributed by atoms with Crippen LogP contribution in [-0.4, -0.2) is 38.6 Å². The highest BCUT2D eigenvalue weighted by Crippen LogP contribution is 2.36. The largest absolute Gasteiger partial charge is 0.461 e. The molecule has 0 amide bonds. The number of benzene rings is 2. The molecule has 0 spiro atoms. The summed E-state index contributed by atoms with van der Waals surface area (Å²) in [6.07, 6.45) is 0. The van der Waals surface area contributed by atoms with Gasteiger partial charge in [0.2, 0.25) is 5.95 Å². The average molecular weight is 410 g/mol. The third-order valence-corrected chi connectivity index (χ3v) is 4.71. The minimum Gasteiger partial charge on any atom is -0.461 e. The van der Waals surface area contributed by atoms with E-state index in [1.165, 1.54) is 4.68 Å². The van der Waals surface area contributed by atoms with Crippen LogP contribution in [0.3, 0.4) is 0 Å². The lowest BCUT2D eigenvalue weighted by molar-refractivity contribution is -0.138. The van der Waals surface area contributed by atoms with Crippen LogP contribution >= 0.6 is 11.6 Å². The second kappa shape index (κ2) is 7.84. The van der Waals surface area contributed by atoms with Gasteiger partial charge >= 0.3 is 5.97 Å². The van der Waals surface area contributed by atoms with Gasteiger partial charge in [-0.25, -0.2) is 4.79 Å². The number of anilines is 1. The monoisotopic (exact) mass is 409 g/mol. The molecule has 0 radical (unpaired) electrons. The van der Waals surface area contributed by atoms with E-state index in [2.05, 4.69) is 20.8 Å². The van der Waals surface area contributed by atoms with E-state index in [0.29, 0.717) is 10.6 Å². The van der Waals surface area contributed by atoms with Crippen molar-refractivity contribution < 1.29 is 14.3 Å². The molecule has 0 bridgehead atoms. The first-order chi connectivity index (χ1) is 14.1. The van der Waals surface area contributed by atoms with Crippen molar-refractivity contribution in [2.45, 2.75) is 13.0 Å². The van der Waals surface area contributed by atoms with Crippen LogP contribution in [0.1, 0.15) is 28.9 Å². The number of Topliss-reactive ketones (excluding diaryl/α,β-unsaturated/α-hetero) is 1. The van der Waals surface area contributed by atoms with Crippen molar-refractivity contribution in [1.29, 1.82) is 0 Å². The van der Waals surface area contributed by atoms with Crippen LogP contribution in [0.4, 0.5) is 5.95 Å². The zero-order valence-corrected chi connectivity index (χ0v) is 16.1. The molecule has 1 aromatic heterocycles. The SMILES string of the molecule is CCOC(=O)C1=C(C(=O)c2ccc(Cl)cc2)C(c2ccccc2)n2nnnc2N1. The maximum atomic E-state index is 13.5. The summed E-state index contributed by atoms with van der Waals surface area (Å²) in [4.78, 5) is 26.2. The van der Waals surface area contributed by atoms with E-state index in [9.17, 15) is 9.59 Å². The number of allylic oxidation sites excluding steroid dienone is 1. The van der Waals surface area contributed by atoms with Gasteiger partial charge in [-0.2, -0.15) is 4.68 Å². The molecule has 1 N–H and O–H groups in total. The molecule has 8 nitrogen and oxygen atoms in total. The van der Waals surface area contributed by atoms with E-state index in [-0.39, 0.29) is 29.6 Å². The van der Waals surface area contributed by atoms with Gasteiger partial charge in [0.25, 0.3) is 0 Å². The fourth-order valence-electron chi connectivity index (χ4n) is 3.19. The number of halogens is 1. The summed E-state index contributed by atoms with van der Waals surface area (Å²) in [6.45, 7) is 1.86. The number of hydrogen-bond donors (Lipinski definition) is 1. The van der Waals surface area contributed by atoms with E-state index < -0.39 is 12.0 Å². The number of tetrazole rings is 1. The Labute approximate surface area is 171 Å². The third-order valence-electron chi connectivity index (χ3n) is 4.46. The molecule has 0 saturated heterocycles. The van der Waals surface area contributed by atoms with Gasteiger partial charge in [0.15, 0.2) is 5.78 Å². The van der Waals surface area contributed by atoms with E-state index >= 15 is 0 Å². The topological polar surface area (TPSA) is 99.0 Å². The highest BCUT2D eigenvalue weighted by molar-refractivity contribution is 6.30. The highest BCUT2D eigenvalue weighted by atomic mass is 35.5. The van der Waals surface area contributed by atoms with Crippen molar-refractivity contribution in [2.75, 3.05) is 11.9 Å². The number of ether oxygens (including phenoxy) is 1. The molecule has 1 unspecified atom stereocenters. The molecule has 29 heavy (non-hydrogen) atoms. The van der Waals surface area contributed by atoms with Gasteiger partial charge < -0.3 is 10.1 Å². The number of esters is 1. The second-order valence-electron chi connectivity index (χ2n) is 6.23. The Morgan fingerprint density at radius 1 is 1.14 bits per heavy atom. The van der Waals surface area contributed by atoms with Gasteiger partial charge in [-0.1, -0.05) is 47.0 Å². The zero-order chi connectivity index (χ0) is 20.4. The predicted molar refractivity (Wildman–Crippen MR) is 105 cm³/mol. The van der Waals surface area contributed by atoms with Gasteiger partial charge in [0.1, 0.15) is 11.7 Å². The van der Waals surface area contributed by atoms with Crippen LogP contribution in [-0.2, 0) is 9.53 Å². The number of carbonyl (C=O) groups excluding carboxylic acids is 2. The standard InChI is InChI=1S/C20H16ClN5O3/c1-2-29-19(28)16-15(18(27)13-8-10-14(21)11-9-13)17(12-6-4-3-5-7-12)26-20(22-16)23-24-25-26/h3-11,17H,2H2,1H3,(H,22,23,25). The minimum atomic E-state index is -0.704. The number of nitrogens with zero attached hydrogens (tertiary/aromatic N) is 4. The molecule has 0 fully saturated rings. The van der Waals surface area contributed by atoms with Crippen molar-refractivity contribution in [3.63, 3.8) is 0 Å². The van der Waals surface area contributed by atoms with Crippen molar-refractivity contribution in [3.05, 3.63) is 82.0 Å². The summed E-state index contributed by atoms with van der Waals surface area (Å²) in [5, 5.41) is 15.0. The summed E-state index contributed by atoms with van der Waals surface area (Å²) < 4.78 is 6.66. The smallest absolute Gasteiger partial charge is 0.355 e. The Bertz CT molecular complexity index is 1090. The molecule has 4 rings (SSSR count). The van der Waals surface area contributed by atoms with E-state index in [0.717, 1.165) is 5.56 Å². The average Bonchev–Trinajstić information content (AvgIpc) is 3.21.